The number of nitrogens with zero attached hydrogens (tertiary/aromatic N) is 2. The highest BCUT2D eigenvalue weighted by Gasteiger charge is 2.21. The van der Waals surface area contributed by atoms with Gasteiger partial charge in [-0.25, -0.2) is 4.98 Å². The third kappa shape index (κ3) is 3.27. The van der Waals surface area contributed by atoms with Crippen molar-refractivity contribution in [2.24, 2.45) is 0 Å². The molecule has 5 aromatic rings. The van der Waals surface area contributed by atoms with E-state index in [1.54, 1.807) is 17.4 Å². The van der Waals surface area contributed by atoms with Crippen molar-refractivity contribution >= 4 is 55.7 Å². The van der Waals surface area contributed by atoms with Crippen LogP contribution in [0.15, 0.2) is 53.5 Å². The molecule has 0 spiro atoms. The lowest BCUT2D eigenvalue weighted by molar-refractivity contribution is 0.700. The number of hydrogen-bond donors (Lipinski definition) is 1. The summed E-state index contributed by atoms with van der Waals surface area (Å²) < 4.78 is 2.14. The summed E-state index contributed by atoms with van der Waals surface area (Å²) in [7, 11) is 0. The van der Waals surface area contributed by atoms with E-state index >= 15 is 0 Å². The molecule has 1 N–H and O–H groups in total. The van der Waals surface area contributed by atoms with Crippen molar-refractivity contribution < 1.29 is 0 Å². The van der Waals surface area contributed by atoms with Crippen LogP contribution in [0.4, 0.5) is 0 Å². The van der Waals surface area contributed by atoms with Crippen molar-refractivity contribution in [2.45, 2.75) is 32.2 Å². The van der Waals surface area contributed by atoms with E-state index in [1.807, 2.05) is 30.5 Å². The molecule has 0 aliphatic heterocycles. The number of fused-ring (bicyclic) bond motifs is 4. The second-order valence-electron chi connectivity index (χ2n) is 8.23. The van der Waals surface area contributed by atoms with Gasteiger partial charge in [0.25, 0.3) is 5.56 Å². The summed E-state index contributed by atoms with van der Waals surface area (Å²) in [5.41, 5.74) is 4.11. The highest BCUT2D eigenvalue weighted by molar-refractivity contribution is 7.18. The molecule has 2 aromatic carbocycles. The lowest BCUT2D eigenvalue weighted by Crippen LogP contribution is -2.11. The van der Waals surface area contributed by atoms with Gasteiger partial charge in [0.2, 0.25) is 0 Å². The van der Waals surface area contributed by atoms with Crippen LogP contribution >= 0.6 is 34.5 Å². The van der Waals surface area contributed by atoms with Crippen LogP contribution < -0.4 is 5.56 Å². The minimum atomic E-state index is -0.0398. The molecule has 1 aliphatic rings. The van der Waals surface area contributed by atoms with Crippen LogP contribution in [-0.2, 0) is 19.4 Å². The van der Waals surface area contributed by atoms with E-state index in [0.29, 0.717) is 22.4 Å². The Balaban J connectivity index is 1.51. The zero-order valence-corrected chi connectivity index (χ0v) is 19.4. The highest BCUT2D eigenvalue weighted by Crippen LogP contribution is 2.36. The van der Waals surface area contributed by atoms with Gasteiger partial charge in [-0.3, -0.25) is 4.79 Å². The van der Waals surface area contributed by atoms with E-state index in [4.69, 9.17) is 28.2 Å². The molecule has 0 radical (unpaired) electrons. The van der Waals surface area contributed by atoms with Crippen LogP contribution in [0.5, 0.6) is 0 Å². The number of halogens is 2. The standard InChI is InChI=1S/C25H19Cl2N3OS/c26-15-10-9-14(19(27)11-15)12-30-13-18(16-5-1-3-7-20(16)30)23-28-24(31)22-17-6-2-4-8-21(17)32-25(22)29-23/h1,3,5,7,9-11,13H,2,4,6,8,12H2,(H,28,29,31). The van der Waals surface area contributed by atoms with Crippen LogP contribution in [-0.4, -0.2) is 14.5 Å². The Hall–Kier alpha value is -2.60. The zero-order chi connectivity index (χ0) is 21.8. The number of aromatic nitrogens is 3. The van der Waals surface area contributed by atoms with Crippen molar-refractivity contribution in [3.8, 4) is 11.4 Å². The molecule has 0 saturated carbocycles. The number of rotatable bonds is 3. The minimum Gasteiger partial charge on any atom is -0.342 e. The summed E-state index contributed by atoms with van der Waals surface area (Å²) in [6.45, 7) is 0.594. The van der Waals surface area contributed by atoms with Crippen LogP contribution in [0.25, 0.3) is 32.5 Å². The molecule has 0 saturated heterocycles. The molecule has 160 valence electrons. The first-order valence-corrected chi connectivity index (χ1v) is 12.2. The fraction of sp³-hybridized carbons (Fsp3) is 0.200. The van der Waals surface area contributed by atoms with Crippen molar-refractivity contribution in [3.63, 3.8) is 0 Å². The number of hydrogen-bond acceptors (Lipinski definition) is 3. The van der Waals surface area contributed by atoms with Crippen LogP contribution in [0.1, 0.15) is 28.8 Å². The Labute approximate surface area is 198 Å². The SMILES string of the molecule is O=c1[nH]c(-c2cn(Cc3ccc(Cl)cc3Cl)c3ccccc23)nc2sc3c(c12)CCCC3. The molecule has 0 atom stereocenters. The molecule has 6 rings (SSSR count). The van der Waals surface area contributed by atoms with Crippen molar-refractivity contribution in [3.05, 3.63) is 85.1 Å². The van der Waals surface area contributed by atoms with E-state index in [1.165, 1.54) is 16.9 Å². The second kappa shape index (κ2) is 7.77. The Morgan fingerprint density at radius 1 is 1.09 bits per heavy atom. The van der Waals surface area contributed by atoms with Gasteiger partial charge >= 0.3 is 0 Å². The maximum absolute atomic E-state index is 13.1. The second-order valence-corrected chi connectivity index (χ2v) is 10.2. The van der Waals surface area contributed by atoms with Gasteiger partial charge in [-0.05, 0) is 55.0 Å². The minimum absolute atomic E-state index is 0.0398. The number of para-hydroxylation sites is 1. The van der Waals surface area contributed by atoms with Gasteiger partial charge in [-0.1, -0.05) is 47.5 Å². The number of thiophene rings is 1. The summed E-state index contributed by atoms with van der Waals surface area (Å²) >= 11 is 14.2. The van der Waals surface area contributed by atoms with Crippen molar-refractivity contribution in [2.75, 3.05) is 0 Å². The summed E-state index contributed by atoms with van der Waals surface area (Å²) in [4.78, 5) is 23.2. The molecule has 0 amide bonds. The van der Waals surface area contributed by atoms with Crippen molar-refractivity contribution in [1.82, 2.24) is 14.5 Å². The van der Waals surface area contributed by atoms with E-state index in [-0.39, 0.29) is 5.56 Å². The summed E-state index contributed by atoms with van der Waals surface area (Å²) in [5.74, 6) is 0.609. The topological polar surface area (TPSA) is 50.7 Å². The van der Waals surface area contributed by atoms with Gasteiger partial charge in [-0.2, -0.15) is 0 Å². The number of H-pyrrole nitrogens is 1. The van der Waals surface area contributed by atoms with Crippen LogP contribution in [0.3, 0.4) is 0 Å². The molecule has 0 bridgehead atoms. The zero-order valence-electron chi connectivity index (χ0n) is 17.1. The van der Waals surface area contributed by atoms with Crippen molar-refractivity contribution in [1.29, 1.82) is 0 Å². The first-order chi connectivity index (χ1) is 15.6. The highest BCUT2D eigenvalue weighted by atomic mass is 35.5. The molecule has 0 unspecified atom stereocenters. The monoisotopic (exact) mass is 479 g/mol. The normalized spacial score (nSPS) is 13.7. The Morgan fingerprint density at radius 2 is 1.94 bits per heavy atom. The van der Waals surface area contributed by atoms with Crippen LogP contribution in [0, 0.1) is 0 Å². The van der Waals surface area contributed by atoms with Gasteiger partial charge in [-0.15, -0.1) is 11.3 Å². The van der Waals surface area contributed by atoms with E-state index in [9.17, 15) is 4.79 Å². The fourth-order valence-corrected chi connectivity index (χ4v) is 6.42. The average Bonchev–Trinajstić information content (AvgIpc) is 3.34. The molecule has 0 fully saturated rings. The van der Waals surface area contributed by atoms with E-state index in [2.05, 4.69) is 21.7 Å². The number of benzene rings is 2. The Kier molecular flexibility index (Phi) is 4.86. The van der Waals surface area contributed by atoms with Gasteiger partial charge in [0, 0.05) is 44.1 Å². The van der Waals surface area contributed by atoms with Gasteiger partial charge < -0.3 is 9.55 Å². The lowest BCUT2D eigenvalue weighted by atomic mass is 9.97. The molecule has 4 nitrogen and oxygen atoms in total. The van der Waals surface area contributed by atoms with E-state index in [0.717, 1.165) is 51.5 Å². The number of aromatic amines is 1. The predicted molar refractivity (Wildman–Crippen MR) is 133 cm³/mol. The maximum Gasteiger partial charge on any atom is 0.260 e. The molecule has 3 aromatic heterocycles. The number of aryl methyl sites for hydroxylation is 2. The third-order valence-electron chi connectivity index (χ3n) is 6.22. The van der Waals surface area contributed by atoms with E-state index < -0.39 is 0 Å². The van der Waals surface area contributed by atoms with Crippen LogP contribution in [0.2, 0.25) is 10.0 Å². The molecular weight excluding hydrogens is 461 g/mol. The van der Waals surface area contributed by atoms with Gasteiger partial charge in [0.15, 0.2) is 0 Å². The molecule has 1 aliphatic carbocycles. The quantitative estimate of drug-likeness (QED) is 0.307. The average molecular weight is 480 g/mol. The predicted octanol–water partition coefficient (Wildman–Crippen LogP) is 6.84. The molecule has 32 heavy (non-hydrogen) atoms. The fourth-order valence-electron chi connectivity index (χ4n) is 4.69. The molecule has 7 heteroatoms. The summed E-state index contributed by atoms with van der Waals surface area (Å²) in [5, 5.41) is 3.08. The van der Waals surface area contributed by atoms with Gasteiger partial charge in [0.05, 0.1) is 5.39 Å². The lowest BCUT2D eigenvalue weighted by Gasteiger charge is -2.09. The summed E-state index contributed by atoms with van der Waals surface area (Å²) in [6, 6.07) is 13.7. The largest absolute Gasteiger partial charge is 0.342 e. The molecular formula is C25H19Cl2N3OS. The smallest absolute Gasteiger partial charge is 0.260 e. The first kappa shape index (κ1) is 20.0. The maximum atomic E-state index is 13.1. The Bertz CT molecular complexity index is 1560. The summed E-state index contributed by atoms with van der Waals surface area (Å²) in [6.07, 6.45) is 6.40. The first-order valence-electron chi connectivity index (χ1n) is 10.7. The number of nitrogens with one attached hydrogen (secondary N) is 1. The Morgan fingerprint density at radius 3 is 2.81 bits per heavy atom. The molecule has 3 heterocycles. The van der Waals surface area contributed by atoms with Gasteiger partial charge in [0.1, 0.15) is 10.7 Å². The third-order valence-corrected chi connectivity index (χ3v) is 8.00.